The van der Waals surface area contributed by atoms with E-state index in [1.165, 1.54) is 11.3 Å². The van der Waals surface area contributed by atoms with Crippen LogP contribution in [0.3, 0.4) is 0 Å². The van der Waals surface area contributed by atoms with Crippen molar-refractivity contribution in [3.8, 4) is 10.6 Å². The minimum absolute atomic E-state index is 0.0876. The maximum absolute atomic E-state index is 12.7. The van der Waals surface area contributed by atoms with E-state index in [4.69, 9.17) is 11.6 Å². The second-order valence-corrected chi connectivity index (χ2v) is 6.67. The fourth-order valence-electron chi connectivity index (χ4n) is 2.10. The summed E-state index contributed by atoms with van der Waals surface area (Å²) in [6.45, 7) is 0.200. The molecular formula is C14H13ClF2N4OS. The van der Waals surface area contributed by atoms with Crippen LogP contribution in [0.4, 0.5) is 18.7 Å². The maximum atomic E-state index is 12.7. The minimum atomic E-state index is -2.55. The van der Waals surface area contributed by atoms with E-state index in [0.29, 0.717) is 15.2 Å². The number of rotatable bonds is 5. The number of hydrogen-bond donors (Lipinski definition) is 2. The van der Waals surface area contributed by atoms with E-state index in [0.717, 1.165) is 5.56 Å². The molecule has 1 heterocycles. The summed E-state index contributed by atoms with van der Waals surface area (Å²) in [6, 6.07) is 6.66. The molecule has 1 aromatic heterocycles. The van der Waals surface area contributed by atoms with Gasteiger partial charge in [-0.05, 0) is 18.6 Å². The molecule has 0 spiro atoms. The SMILES string of the molecule is O=C(NCCC1CC1(F)F)Nc1nnc(-c2cccc(Cl)c2)s1. The van der Waals surface area contributed by atoms with Gasteiger partial charge in [0.05, 0.1) is 0 Å². The van der Waals surface area contributed by atoms with E-state index in [1.807, 2.05) is 6.07 Å². The molecule has 1 atom stereocenters. The summed E-state index contributed by atoms with van der Waals surface area (Å²) in [5.41, 5.74) is 0.805. The molecule has 3 rings (SSSR count). The van der Waals surface area contributed by atoms with Gasteiger partial charge in [0.2, 0.25) is 5.13 Å². The second kappa shape index (κ2) is 6.37. The number of carbonyl (C=O) groups excluding carboxylic acids is 1. The summed E-state index contributed by atoms with van der Waals surface area (Å²) in [4.78, 5) is 11.7. The number of benzene rings is 1. The number of nitrogens with zero attached hydrogens (tertiary/aromatic N) is 2. The molecule has 1 aliphatic carbocycles. The number of amides is 2. The van der Waals surface area contributed by atoms with Crippen LogP contribution in [0.5, 0.6) is 0 Å². The van der Waals surface area contributed by atoms with Crippen LogP contribution in [0.15, 0.2) is 24.3 Å². The molecule has 0 saturated heterocycles. The van der Waals surface area contributed by atoms with Crippen molar-refractivity contribution >= 4 is 34.1 Å². The highest BCUT2D eigenvalue weighted by atomic mass is 35.5. The van der Waals surface area contributed by atoms with Crippen molar-refractivity contribution in [3.63, 3.8) is 0 Å². The zero-order chi connectivity index (χ0) is 16.4. The molecule has 0 radical (unpaired) electrons. The topological polar surface area (TPSA) is 66.9 Å². The lowest BCUT2D eigenvalue weighted by atomic mass is 10.2. The summed E-state index contributed by atoms with van der Waals surface area (Å²) >= 11 is 7.12. The summed E-state index contributed by atoms with van der Waals surface area (Å²) in [6.07, 6.45) is 0.181. The average Bonchev–Trinajstić information content (AvgIpc) is 2.89. The smallest absolute Gasteiger partial charge is 0.321 e. The number of nitrogens with one attached hydrogen (secondary N) is 2. The molecule has 9 heteroatoms. The second-order valence-electron chi connectivity index (χ2n) is 5.25. The van der Waals surface area contributed by atoms with Crippen molar-refractivity contribution in [3.05, 3.63) is 29.3 Å². The highest BCUT2D eigenvalue weighted by Crippen LogP contribution is 2.50. The van der Waals surface area contributed by atoms with Crippen molar-refractivity contribution < 1.29 is 13.6 Å². The number of alkyl halides is 2. The van der Waals surface area contributed by atoms with E-state index in [1.54, 1.807) is 18.2 Å². The molecule has 122 valence electrons. The van der Waals surface area contributed by atoms with Gasteiger partial charge in [-0.3, -0.25) is 5.32 Å². The van der Waals surface area contributed by atoms with E-state index >= 15 is 0 Å². The predicted molar refractivity (Wildman–Crippen MR) is 85.0 cm³/mol. The fraction of sp³-hybridized carbons (Fsp3) is 0.357. The van der Waals surface area contributed by atoms with Gasteiger partial charge in [0.15, 0.2) is 0 Å². The molecule has 1 unspecified atom stereocenters. The number of anilines is 1. The van der Waals surface area contributed by atoms with Crippen molar-refractivity contribution in [2.45, 2.75) is 18.8 Å². The summed E-state index contributed by atoms with van der Waals surface area (Å²) < 4.78 is 25.4. The van der Waals surface area contributed by atoms with Crippen molar-refractivity contribution in [2.24, 2.45) is 5.92 Å². The first kappa shape index (κ1) is 16.1. The molecule has 5 nitrogen and oxygen atoms in total. The summed E-state index contributed by atoms with van der Waals surface area (Å²) in [7, 11) is 0. The highest BCUT2D eigenvalue weighted by Gasteiger charge is 2.55. The zero-order valence-corrected chi connectivity index (χ0v) is 13.4. The Hall–Kier alpha value is -1.80. The summed E-state index contributed by atoms with van der Waals surface area (Å²) in [5, 5.41) is 14.5. The van der Waals surface area contributed by atoms with E-state index in [2.05, 4.69) is 20.8 Å². The van der Waals surface area contributed by atoms with Gasteiger partial charge in [-0.15, -0.1) is 10.2 Å². The number of carbonyl (C=O) groups is 1. The number of urea groups is 1. The molecule has 2 amide bonds. The minimum Gasteiger partial charge on any atom is -0.338 e. The largest absolute Gasteiger partial charge is 0.338 e. The predicted octanol–water partition coefficient (Wildman–Crippen LogP) is 4.03. The van der Waals surface area contributed by atoms with Gasteiger partial charge in [-0.1, -0.05) is 35.1 Å². The van der Waals surface area contributed by atoms with Crippen LogP contribution in [-0.4, -0.2) is 28.7 Å². The Bertz CT molecular complexity index is 724. The van der Waals surface area contributed by atoms with E-state index < -0.39 is 17.9 Å². The Morgan fingerprint density at radius 3 is 2.91 bits per heavy atom. The Morgan fingerprint density at radius 1 is 1.43 bits per heavy atom. The molecular weight excluding hydrogens is 346 g/mol. The van der Waals surface area contributed by atoms with Crippen LogP contribution in [0.2, 0.25) is 5.02 Å². The van der Waals surface area contributed by atoms with E-state index in [9.17, 15) is 13.6 Å². The molecule has 1 aromatic carbocycles. The third kappa shape index (κ3) is 4.14. The van der Waals surface area contributed by atoms with Crippen LogP contribution >= 0.6 is 22.9 Å². The molecule has 0 bridgehead atoms. The van der Waals surface area contributed by atoms with Gasteiger partial charge >= 0.3 is 6.03 Å². The monoisotopic (exact) mass is 358 g/mol. The van der Waals surface area contributed by atoms with Crippen LogP contribution < -0.4 is 10.6 Å². The van der Waals surface area contributed by atoms with Crippen LogP contribution in [-0.2, 0) is 0 Å². The molecule has 1 fully saturated rings. The lowest BCUT2D eigenvalue weighted by molar-refractivity contribution is 0.0971. The standard InChI is InChI=1S/C14H13ClF2N4OS/c15-10-3-1-2-8(6-10)11-20-21-13(23-11)19-12(22)18-5-4-9-7-14(9,16)17/h1-3,6,9H,4-5,7H2,(H2,18,19,21,22). The Kier molecular flexibility index (Phi) is 4.45. The molecule has 2 N–H and O–H groups in total. The van der Waals surface area contributed by atoms with Crippen LogP contribution in [0, 0.1) is 5.92 Å². The van der Waals surface area contributed by atoms with Gasteiger partial charge < -0.3 is 5.32 Å². The highest BCUT2D eigenvalue weighted by molar-refractivity contribution is 7.18. The van der Waals surface area contributed by atoms with Crippen LogP contribution in [0.1, 0.15) is 12.8 Å². The van der Waals surface area contributed by atoms with Gasteiger partial charge in [0.1, 0.15) is 5.01 Å². The van der Waals surface area contributed by atoms with Crippen molar-refractivity contribution in [1.29, 1.82) is 0 Å². The third-order valence-electron chi connectivity index (χ3n) is 3.45. The quantitative estimate of drug-likeness (QED) is 0.848. The fourth-order valence-corrected chi connectivity index (χ4v) is 3.02. The van der Waals surface area contributed by atoms with E-state index in [-0.39, 0.29) is 19.4 Å². The van der Waals surface area contributed by atoms with Crippen molar-refractivity contribution in [2.75, 3.05) is 11.9 Å². The van der Waals surface area contributed by atoms with Gasteiger partial charge in [0.25, 0.3) is 5.92 Å². The Balaban J connectivity index is 1.49. The third-order valence-corrected chi connectivity index (χ3v) is 4.57. The zero-order valence-electron chi connectivity index (χ0n) is 11.9. The first-order valence-electron chi connectivity index (χ1n) is 6.96. The van der Waals surface area contributed by atoms with Gasteiger partial charge in [0, 0.05) is 29.5 Å². The normalized spacial score (nSPS) is 18.5. The molecule has 1 saturated carbocycles. The molecule has 2 aromatic rings. The molecule has 1 aliphatic rings. The molecule has 23 heavy (non-hydrogen) atoms. The Morgan fingerprint density at radius 2 is 2.22 bits per heavy atom. The summed E-state index contributed by atoms with van der Waals surface area (Å²) in [5.74, 6) is -3.16. The van der Waals surface area contributed by atoms with Gasteiger partial charge in [-0.25, -0.2) is 13.6 Å². The Labute approximate surface area is 140 Å². The van der Waals surface area contributed by atoms with Gasteiger partial charge in [-0.2, -0.15) is 0 Å². The first-order valence-corrected chi connectivity index (χ1v) is 8.15. The number of halogens is 3. The number of aromatic nitrogens is 2. The molecule has 0 aliphatic heterocycles. The van der Waals surface area contributed by atoms with Crippen molar-refractivity contribution in [1.82, 2.24) is 15.5 Å². The average molecular weight is 359 g/mol. The lowest BCUT2D eigenvalue weighted by Gasteiger charge is -2.04. The first-order chi connectivity index (χ1) is 10.9. The lowest BCUT2D eigenvalue weighted by Crippen LogP contribution is -2.29. The van der Waals surface area contributed by atoms with Crippen LogP contribution in [0.25, 0.3) is 10.6 Å². The number of hydrogen-bond acceptors (Lipinski definition) is 4. The maximum Gasteiger partial charge on any atom is 0.321 e.